The molecule has 0 spiro atoms. The Balaban J connectivity index is 2.07. The molecule has 0 aliphatic rings. The maximum Gasteiger partial charge on any atom is 0.119 e. The zero-order chi connectivity index (χ0) is 10.9. The monoisotopic (exact) mass is 210 g/mol. The third kappa shape index (κ3) is 5.40. The summed E-state index contributed by atoms with van der Waals surface area (Å²) in [6, 6.07) is 9.68. The maximum absolute atomic E-state index is 9.37. The first-order chi connectivity index (χ1) is 7.33. The van der Waals surface area contributed by atoms with Crippen molar-refractivity contribution in [1.29, 1.82) is 0 Å². The molecule has 0 radical (unpaired) electrons. The van der Waals surface area contributed by atoms with Crippen molar-refractivity contribution in [2.45, 2.75) is 18.9 Å². The predicted octanol–water partition coefficient (Wildman–Crippen LogP) is 1.85. The van der Waals surface area contributed by atoms with Gasteiger partial charge in [-0.25, -0.2) is 0 Å². The Kier molecular flexibility index (Phi) is 5.81. The fourth-order valence-electron chi connectivity index (χ4n) is 1.30. The summed E-state index contributed by atoms with van der Waals surface area (Å²) in [5.74, 6) is 0.874. The first-order valence-corrected chi connectivity index (χ1v) is 5.18. The molecule has 0 aliphatic heterocycles. The predicted molar refractivity (Wildman–Crippen MR) is 59.1 cm³/mol. The van der Waals surface area contributed by atoms with Gasteiger partial charge in [0.15, 0.2) is 0 Å². The second-order valence-corrected chi connectivity index (χ2v) is 3.41. The third-order valence-electron chi connectivity index (χ3n) is 2.05. The van der Waals surface area contributed by atoms with E-state index in [4.69, 9.17) is 9.47 Å². The second kappa shape index (κ2) is 7.26. The van der Waals surface area contributed by atoms with Gasteiger partial charge >= 0.3 is 0 Å². The maximum atomic E-state index is 9.37. The van der Waals surface area contributed by atoms with E-state index in [0.29, 0.717) is 19.6 Å². The lowest BCUT2D eigenvalue weighted by molar-refractivity contribution is 0.0554. The van der Waals surface area contributed by atoms with Gasteiger partial charge in [-0.2, -0.15) is 0 Å². The second-order valence-electron chi connectivity index (χ2n) is 3.41. The van der Waals surface area contributed by atoms with Crippen LogP contribution in [0.2, 0.25) is 0 Å². The molecule has 0 amide bonds. The normalized spacial score (nSPS) is 12.4. The lowest BCUT2D eigenvalue weighted by Crippen LogP contribution is -2.14. The van der Waals surface area contributed by atoms with Gasteiger partial charge in [0.2, 0.25) is 0 Å². The summed E-state index contributed by atoms with van der Waals surface area (Å²) >= 11 is 0. The number of hydrogen-bond donors (Lipinski definition) is 1. The summed E-state index contributed by atoms with van der Waals surface area (Å²) in [7, 11) is 1.59. The lowest BCUT2D eigenvalue weighted by atomic mass is 10.2. The quantitative estimate of drug-likeness (QED) is 0.698. The van der Waals surface area contributed by atoms with Crippen LogP contribution in [-0.2, 0) is 4.74 Å². The Morgan fingerprint density at radius 3 is 2.67 bits per heavy atom. The molecule has 0 aliphatic carbocycles. The average molecular weight is 210 g/mol. The van der Waals surface area contributed by atoms with Crippen molar-refractivity contribution >= 4 is 0 Å². The molecule has 0 heterocycles. The summed E-state index contributed by atoms with van der Waals surface area (Å²) in [6.07, 6.45) is 1.16. The number of rotatable bonds is 7. The molecule has 3 heteroatoms. The van der Waals surface area contributed by atoms with Gasteiger partial charge in [0.25, 0.3) is 0 Å². The molecule has 1 aromatic carbocycles. The van der Waals surface area contributed by atoms with E-state index in [0.717, 1.165) is 12.2 Å². The number of hydrogen-bond acceptors (Lipinski definition) is 3. The fourth-order valence-corrected chi connectivity index (χ4v) is 1.30. The Labute approximate surface area is 90.6 Å². The molecule has 0 saturated carbocycles. The Morgan fingerprint density at radius 2 is 2.00 bits per heavy atom. The Hall–Kier alpha value is -1.06. The largest absolute Gasteiger partial charge is 0.494 e. The third-order valence-corrected chi connectivity index (χ3v) is 2.05. The van der Waals surface area contributed by atoms with Gasteiger partial charge in [0, 0.05) is 7.11 Å². The Morgan fingerprint density at radius 1 is 1.27 bits per heavy atom. The van der Waals surface area contributed by atoms with Crippen LogP contribution in [0.5, 0.6) is 5.75 Å². The van der Waals surface area contributed by atoms with Crippen LogP contribution in [0.25, 0.3) is 0 Å². The van der Waals surface area contributed by atoms with Crippen molar-refractivity contribution < 1.29 is 14.6 Å². The molecule has 0 fully saturated rings. The molecule has 84 valence electrons. The summed E-state index contributed by atoms with van der Waals surface area (Å²) < 4.78 is 10.3. The minimum absolute atomic E-state index is 0.380. The minimum atomic E-state index is -0.380. The molecule has 0 saturated heterocycles. The number of aliphatic hydroxyl groups is 1. The van der Waals surface area contributed by atoms with Crippen LogP contribution in [0.1, 0.15) is 12.8 Å². The van der Waals surface area contributed by atoms with Crippen LogP contribution in [-0.4, -0.2) is 31.5 Å². The van der Waals surface area contributed by atoms with Crippen molar-refractivity contribution in [3.05, 3.63) is 30.3 Å². The Bertz CT molecular complexity index is 248. The van der Waals surface area contributed by atoms with Gasteiger partial charge in [-0.15, -0.1) is 0 Å². The van der Waals surface area contributed by atoms with Crippen LogP contribution in [0.15, 0.2) is 30.3 Å². The summed E-state index contributed by atoms with van der Waals surface area (Å²) in [4.78, 5) is 0. The van der Waals surface area contributed by atoms with Crippen molar-refractivity contribution in [2.75, 3.05) is 20.3 Å². The molecular formula is C12H18O3. The highest BCUT2D eigenvalue weighted by Gasteiger charge is 2.02. The molecule has 1 N–H and O–H groups in total. The molecule has 1 atom stereocenters. The van der Waals surface area contributed by atoms with E-state index in [1.165, 1.54) is 0 Å². The van der Waals surface area contributed by atoms with Gasteiger partial charge in [-0.3, -0.25) is 0 Å². The number of aliphatic hydroxyl groups excluding tert-OH is 1. The highest BCUT2D eigenvalue weighted by molar-refractivity contribution is 5.20. The fraction of sp³-hybridized carbons (Fsp3) is 0.500. The zero-order valence-corrected chi connectivity index (χ0v) is 9.06. The molecule has 1 aromatic rings. The van der Waals surface area contributed by atoms with Crippen LogP contribution in [0.3, 0.4) is 0 Å². The summed E-state index contributed by atoms with van der Waals surface area (Å²) in [5.41, 5.74) is 0. The van der Waals surface area contributed by atoms with Gasteiger partial charge in [0.05, 0.1) is 19.3 Å². The molecular weight excluding hydrogens is 192 g/mol. The van der Waals surface area contributed by atoms with E-state index in [2.05, 4.69) is 0 Å². The van der Waals surface area contributed by atoms with E-state index in [1.54, 1.807) is 7.11 Å². The smallest absolute Gasteiger partial charge is 0.119 e. The molecule has 0 aromatic heterocycles. The number of ether oxygens (including phenoxy) is 2. The molecule has 0 bridgehead atoms. The van der Waals surface area contributed by atoms with Gasteiger partial charge in [-0.1, -0.05) is 18.2 Å². The molecule has 1 unspecified atom stereocenters. The van der Waals surface area contributed by atoms with Crippen molar-refractivity contribution in [2.24, 2.45) is 0 Å². The molecule has 15 heavy (non-hydrogen) atoms. The van der Waals surface area contributed by atoms with Crippen molar-refractivity contribution in [1.82, 2.24) is 0 Å². The zero-order valence-electron chi connectivity index (χ0n) is 9.06. The van der Waals surface area contributed by atoms with Gasteiger partial charge in [-0.05, 0) is 25.0 Å². The summed E-state index contributed by atoms with van der Waals surface area (Å²) in [5, 5.41) is 9.37. The van der Waals surface area contributed by atoms with E-state index < -0.39 is 0 Å². The van der Waals surface area contributed by atoms with E-state index >= 15 is 0 Å². The van der Waals surface area contributed by atoms with Crippen LogP contribution >= 0.6 is 0 Å². The molecule has 1 rings (SSSR count). The standard InChI is InChI=1S/C12H18O3/c1-14-10-11(13)6-5-9-15-12-7-3-2-4-8-12/h2-4,7-8,11,13H,5-6,9-10H2,1H3. The topological polar surface area (TPSA) is 38.7 Å². The SMILES string of the molecule is COCC(O)CCCOc1ccccc1. The van der Waals surface area contributed by atoms with E-state index in [1.807, 2.05) is 30.3 Å². The number of methoxy groups -OCH3 is 1. The minimum Gasteiger partial charge on any atom is -0.494 e. The summed E-state index contributed by atoms with van der Waals surface area (Å²) in [6.45, 7) is 1.02. The van der Waals surface area contributed by atoms with Crippen LogP contribution in [0, 0.1) is 0 Å². The van der Waals surface area contributed by atoms with Gasteiger partial charge in [0.1, 0.15) is 5.75 Å². The highest BCUT2D eigenvalue weighted by Crippen LogP contribution is 2.09. The van der Waals surface area contributed by atoms with Crippen molar-refractivity contribution in [3.63, 3.8) is 0 Å². The van der Waals surface area contributed by atoms with Crippen LogP contribution < -0.4 is 4.74 Å². The lowest BCUT2D eigenvalue weighted by Gasteiger charge is -2.09. The number of benzene rings is 1. The first kappa shape index (κ1) is 12.0. The van der Waals surface area contributed by atoms with E-state index in [9.17, 15) is 5.11 Å². The number of para-hydroxylation sites is 1. The molecule has 3 nitrogen and oxygen atoms in total. The first-order valence-electron chi connectivity index (χ1n) is 5.18. The van der Waals surface area contributed by atoms with Crippen LogP contribution in [0.4, 0.5) is 0 Å². The average Bonchev–Trinajstić information content (AvgIpc) is 2.26. The highest BCUT2D eigenvalue weighted by atomic mass is 16.5. The van der Waals surface area contributed by atoms with E-state index in [-0.39, 0.29) is 6.10 Å². The van der Waals surface area contributed by atoms with Crippen molar-refractivity contribution in [3.8, 4) is 5.75 Å². The van der Waals surface area contributed by atoms with Gasteiger partial charge < -0.3 is 14.6 Å².